The number of nitrogens with zero attached hydrogens (tertiary/aromatic N) is 1. The summed E-state index contributed by atoms with van der Waals surface area (Å²) in [7, 11) is 0. The number of nitrogens with two attached hydrogens (primary N) is 1. The minimum Gasteiger partial charge on any atom is -0.375 e. The van der Waals surface area contributed by atoms with Gasteiger partial charge in [-0.3, -0.25) is 10.1 Å². The van der Waals surface area contributed by atoms with E-state index in [4.69, 9.17) is 5.73 Å². The SMILES string of the molecule is NC1CCCCCC1Nc1ccc(I)cc1[N+](=O)[O-]. The lowest BCUT2D eigenvalue weighted by Gasteiger charge is -2.23. The predicted molar refractivity (Wildman–Crippen MR) is 84.3 cm³/mol. The summed E-state index contributed by atoms with van der Waals surface area (Å²) in [6.07, 6.45) is 5.43. The molecule has 6 heteroatoms. The zero-order valence-electron chi connectivity index (χ0n) is 10.6. The fourth-order valence-corrected chi connectivity index (χ4v) is 2.97. The highest BCUT2D eigenvalue weighted by molar-refractivity contribution is 14.1. The quantitative estimate of drug-likeness (QED) is 0.368. The number of benzene rings is 1. The number of rotatable bonds is 3. The fraction of sp³-hybridized carbons (Fsp3) is 0.538. The Labute approximate surface area is 126 Å². The van der Waals surface area contributed by atoms with E-state index in [9.17, 15) is 10.1 Å². The van der Waals surface area contributed by atoms with Crippen molar-refractivity contribution in [1.29, 1.82) is 0 Å². The van der Waals surface area contributed by atoms with E-state index in [0.29, 0.717) is 5.69 Å². The van der Waals surface area contributed by atoms with Crippen LogP contribution < -0.4 is 11.1 Å². The van der Waals surface area contributed by atoms with Crippen LogP contribution in [0.2, 0.25) is 0 Å². The Hall–Kier alpha value is -0.890. The molecule has 1 aromatic rings. The number of nitrogens with one attached hydrogen (secondary N) is 1. The summed E-state index contributed by atoms with van der Waals surface area (Å²) in [6, 6.07) is 5.43. The Morgan fingerprint density at radius 3 is 2.79 bits per heavy atom. The molecule has 1 saturated carbocycles. The van der Waals surface area contributed by atoms with Gasteiger partial charge < -0.3 is 11.1 Å². The second-order valence-electron chi connectivity index (χ2n) is 4.97. The first kappa shape index (κ1) is 14.5. The molecule has 0 aromatic heterocycles. The van der Waals surface area contributed by atoms with Crippen molar-refractivity contribution in [3.63, 3.8) is 0 Å². The molecular weight excluding hydrogens is 357 g/mol. The van der Waals surface area contributed by atoms with E-state index >= 15 is 0 Å². The number of halogens is 1. The molecule has 0 spiro atoms. The van der Waals surface area contributed by atoms with Gasteiger partial charge in [0.15, 0.2) is 0 Å². The predicted octanol–water partition coefficient (Wildman–Crippen LogP) is 3.27. The van der Waals surface area contributed by atoms with Gasteiger partial charge in [0.1, 0.15) is 5.69 Å². The van der Waals surface area contributed by atoms with E-state index in [2.05, 4.69) is 27.9 Å². The topological polar surface area (TPSA) is 81.2 Å². The van der Waals surface area contributed by atoms with Gasteiger partial charge in [0.25, 0.3) is 5.69 Å². The van der Waals surface area contributed by atoms with E-state index in [1.54, 1.807) is 12.1 Å². The van der Waals surface area contributed by atoms with Gasteiger partial charge in [-0.1, -0.05) is 19.3 Å². The van der Waals surface area contributed by atoms with Crippen LogP contribution in [0.5, 0.6) is 0 Å². The molecule has 0 bridgehead atoms. The smallest absolute Gasteiger partial charge is 0.293 e. The van der Waals surface area contributed by atoms with Crippen molar-refractivity contribution in [1.82, 2.24) is 0 Å². The molecule has 5 nitrogen and oxygen atoms in total. The average Bonchev–Trinajstić information content (AvgIpc) is 2.57. The lowest BCUT2D eigenvalue weighted by molar-refractivity contribution is -0.384. The van der Waals surface area contributed by atoms with Gasteiger partial charge in [0.2, 0.25) is 0 Å². The second kappa shape index (κ2) is 6.51. The summed E-state index contributed by atoms with van der Waals surface area (Å²) in [4.78, 5) is 10.8. The van der Waals surface area contributed by atoms with Crippen molar-refractivity contribution in [2.45, 2.75) is 44.2 Å². The van der Waals surface area contributed by atoms with Crippen molar-refractivity contribution in [3.05, 3.63) is 31.9 Å². The minimum absolute atomic E-state index is 0.0707. The molecule has 1 aliphatic carbocycles. The summed E-state index contributed by atoms with van der Waals surface area (Å²) in [5.41, 5.74) is 6.85. The van der Waals surface area contributed by atoms with Gasteiger partial charge in [0, 0.05) is 21.7 Å². The summed E-state index contributed by atoms with van der Waals surface area (Å²) in [5.74, 6) is 0. The Morgan fingerprint density at radius 2 is 2.05 bits per heavy atom. The van der Waals surface area contributed by atoms with Gasteiger partial charge >= 0.3 is 0 Å². The molecule has 1 fully saturated rings. The molecule has 2 atom stereocenters. The molecule has 1 aliphatic rings. The molecule has 2 rings (SSSR count). The first-order valence-electron chi connectivity index (χ1n) is 6.54. The fourth-order valence-electron chi connectivity index (χ4n) is 2.49. The zero-order valence-corrected chi connectivity index (χ0v) is 12.8. The van der Waals surface area contributed by atoms with Crippen LogP contribution in [0, 0.1) is 13.7 Å². The Balaban J connectivity index is 2.19. The monoisotopic (exact) mass is 375 g/mol. The number of nitro benzene ring substituents is 1. The van der Waals surface area contributed by atoms with Crippen LogP contribution in [-0.4, -0.2) is 17.0 Å². The van der Waals surface area contributed by atoms with Gasteiger partial charge in [-0.15, -0.1) is 0 Å². The maximum absolute atomic E-state index is 11.1. The summed E-state index contributed by atoms with van der Waals surface area (Å²) in [5, 5.41) is 14.4. The van der Waals surface area contributed by atoms with E-state index in [-0.39, 0.29) is 22.7 Å². The number of hydrogen-bond acceptors (Lipinski definition) is 4. The van der Waals surface area contributed by atoms with E-state index in [0.717, 1.165) is 29.3 Å². The molecule has 0 aliphatic heterocycles. The van der Waals surface area contributed by atoms with E-state index in [1.165, 1.54) is 6.42 Å². The van der Waals surface area contributed by atoms with Crippen LogP contribution >= 0.6 is 22.6 Å². The number of nitro groups is 1. The van der Waals surface area contributed by atoms with E-state index < -0.39 is 0 Å². The number of hydrogen-bond donors (Lipinski definition) is 2. The molecule has 0 amide bonds. The van der Waals surface area contributed by atoms with Crippen molar-refractivity contribution in [3.8, 4) is 0 Å². The highest BCUT2D eigenvalue weighted by Crippen LogP contribution is 2.29. The maximum atomic E-state index is 11.1. The maximum Gasteiger partial charge on any atom is 0.293 e. The Morgan fingerprint density at radius 1 is 1.32 bits per heavy atom. The highest BCUT2D eigenvalue weighted by Gasteiger charge is 2.23. The van der Waals surface area contributed by atoms with Crippen LogP contribution in [0.25, 0.3) is 0 Å². The number of anilines is 1. The van der Waals surface area contributed by atoms with Crippen LogP contribution in [0.3, 0.4) is 0 Å². The third-order valence-electron chi connectivity index (χ3n) is 3.57. The van der Waals surface area contributed by atoms with Gasteiger partial charge in [0.05, 0.1) is 4.92 Å². The third-order valence-corrected chi connectivity index (χ3v) is 4.24. The largest absolute Gasteiger partial charge is 0.375 e. The first-order valence-corrected chi connectivity index (χ1v) is 7.62. The summed E-state index contributed by atoms with van der Waals surface area (Å²) < 4.78 is 0.861. The van der Waals surface area contributed by atoms with Crippen molar-refractivity contribution >= 4 is 34.0 Å². The third kappa shape index (κ3) is 3.79. The normalized spacial score (nSPS) is 23.7. The molecule has 0 saturated heterocycles. The van der Waals surface area contributed by atoms with Crippen LogP contribution in [0.1, 0.15) is 32.1 Å². The van der Waals surface area contributed by atoms with Crippen molar-refractivity contribution in [2.24, 2.45) is 5.73 Å². The van der Waals surface area contributed by atoms with Gasteiger partial charge in [-0.25, -0.2) is 0 Å². The average molecular weight is 375 g/mol. The lowest BCUT2D eigenvalue weighted by atomic mass is 10.0. The van der Waals surface area contributed by atoms with E-state index in [1.807, 2.05) is 6.07 Å². The summed E-state index contributed by atoms with van der Waals surface area (Å²) in [6.45, 7) is 0. The molecule has 104 valence electrons. The van der Waals surface area contributed by atoms with Crippen molar-refractivity contribution in [2.75, 3.05) is 5.32 Å². The second-order valence-corrected chi connectivity index (χ2v) is 6.22. The zero-order chi connectivity index (χ0) is 13.8. The molecule has 19 heavy (non-hydrogen) atoms. The molecular formula is C13H18IN3O2. The molecule has 1 aromatic carbocycles. The molecule has 0 radical (unpaired) electrons. The van der Waals surface area contributed by atoms with Crippen LogP contribution in [0.15, 0.2) is 18.2 Å². The molecule has 3 N–H and O–H groups in total. The van der Waals surface area contributed by atoms with Gasteiger partial charge in [-0.05, 0) is 47.6 Å². The van der Waals surface area contributed by atoms with Crippen LogP contribution in [0.4, 0.5) is 11.4 Å². The minimum atomic E-state index is -0.341. The molecule has 2 unspecified atom stereocenters. The van der Waals surface area contributed by atoms with Crippen molar-refractivity contribution < 1.29 is 4.92 Å². The Kier molecular flexibility index (Phi) is 4.98. The molecule has 0 heterocycles. The first-order chi connectivity index (χ1) is 9.08. The summed E-state index contributed by atoms with van der Waals surface area (Å²) >= 11 is 2.08. The van der Waals surface area contributed by atoms with Gasteiger partial charge in [-0.2, -0.15) is 0 Å². The standard InChI is InChI=1S/C13H18IN3O2/c14-9-6-7-12(13(8-9)17(18)19)16-11-5-3-1-2-4-10(11)15/h6-8,10-11,16H,1-5,15H2. The lowest BCUT2D eigenvalue weighted by Crippen LogP contribution is -2.39. The Bertz CT molecular complexity index is 467. The highest BCUT2D eigenvalue weighted by atomic mass is 127. The van der Waals surface area contributed by atoms with Crippen LogP contribution in [-0.2, 0) is 0 Å².